The predicted octanol–water partition coefficient (Wildman–Crippen LogP) is 5.12. The Labute approximate surface area is 217 Å². The number of hydrogen-bond donors (Lipinski definition) is 1. The van der Waals surface area contributed by atoms with E-state index in [1.54, 1.807) is 6.92 Å². The molecule has 192 valence electrons. The minimum atomic E-state index is -2.69. The Kier molecular flexibility index (Phi) is 9.80. The average molecular weight is 505 g/mol. The maximum Gasteiger partial charge on any atom is 0.261 e. The van der Waals surface area contributed by atoms with Gasteiger partial charge in [-0.15, -0.1) is 0 Å². The first-order valence-corrected chi connectivity index (χ1v) is 14.7. The lowest BCUT2D eigenvalue weighted by Gasteiger charge is -2.43. The zero-order valence-electron chi connectivity index (χ0n) is 22.2. The molecule has 0 unspecified atom stereocenters. The fraction of sp³-hybridized carbons (Fsp3) is 0.387. The van der Waals surface area contributed by atoms with Crippen LogP contribution in [0.4, 0.5) is 0 Å². The summed E-state index contributed by atoms with van der Waals surface area (Å²) < 4.78 is 12.7. The van der Waals surface area contributed by atoms with Crippen LogP contribution in [0, 0.1) is 5.92 Å². The third kappa shape index (κ3) is 6.80. The molecule has 3 rings (SSSR count). The molecule has 36 heavy (non-hydrogen) atoms. The van der Waals surface area contributed by atoms with E-state index in [4.69, 9.17) is 9.16 Å². The van der Waals surface area contributed by atoms with Crippen molar-refractivity contribution in [2.24, 2.45) is 5.92 Å². The number of rotatable bonds is 12. The van der Waals surface area contributed by atoms with Gasteiger partial charge >= 0.3 is 0 Å². The number of carbonyl (C=O) groups is 1. The van der Waals surface area contributed by atoms with Crippen molar-refractivity contribution in [1.82, 2.24) is 0 Å². The first kappa shape index (κ1) is 28.0. The van der Waals surface area contributed by atoms with Gasteiger partial charge in [-0.25, -0.2) is 0 Å². The van der Waals surface area contributed by atoms with Gasteiger partial charge in [0, 0.05) is 18.9 Å². The van der Waals surface area contributed by atoms with Crippen LogP contribution in [0.25, 0.3) is 0 Å². The van der Waals surface area contributed by atoms with E-state index in [0.29, 0.717) is 13.2 Å². The topological polar surface area (TPSA) is 55.8 Å². The van der Waals surface area contributed by atoms with Crippen LogP contribution in [0.1, 0.15) is 46.6 Å². The Morgan fingerprint density at radius 2 is 1.31 bits per heavy atom. The van der Waals surface area contributed by atoms with Crippen LogP contribution < -0.4 is 10.4 Å². The van der Waals surface area contributed by atoms with E-state index in [1.165, 1.54) is 10.4 Å². The van der Waals surface area contributed by atoms with Gasteiger partial charge in [0.1, 0.15) is 6.10 Å². The molecule has 0 spiro atoms. The number of carbonyl (C=O) groups excluding carboxylic acids is 1. The largest absolute Gasteiger partial charge is 0.407 e. The highest BCUT2D eigenvalue weighted by Gasteiger charge is 2.50. The van der Waals surface area contributed by atoms with Crippen molar-refractivity contribution >= 4 is 24.5 Å². The van der Waals surface area contributed by atoms with E-state index in [9.17, 15) is 9.90 Å². The number of Topliss-reactive ketones (excluding diaryl/α,β-unsaturated/α-hetero) is 1. The van der Waals surface area contributed by atoms with Crippen molar-refractivity contribution < 1.29 is 19.1 Å². The first-order valence-electron chi connectivity index (χ1n) is 12.8. The number of hydrogen-bond acceptors (Lipinski definition) is 4. The molecule has 0 aliphatic heterocycles. The fourth-order valence-corrected chi connectivity index (χ4v) is 9.26. The summed E-state index contributed by atoms with van der Waals surface area (Å²) in [4.78, 5) is 12.8. The van der Waals surface area contributed by atoms with Crippen LogP contribution in [0.3, 0.4) is 0 Å². The summed E-state index contributed by atoms with van der Waals surface area (Å²) in [5.41, 5.74) is 1.02. The third-order valence-electron chi connectivity index (χ3n) is 6.84. The lowest BCUT2D eigenvalue weighted by molar-refractivity contribution is -0.133. The van der Waals surface area contributed by atoms with Crippen LogP contribution in [-0.4, -0.2) is 38.0 Å². The standard InChI is InChI=1S/C31H40O4Si/c1-24(29(32)21-30(33)25(2)34-23-26-15-9-6-10-16-26)22-35-36(31(3,4)5,27-17-11-7-12-18-27)28-19-13-8-14-20-28/h6-20,24-25,29,32H,21-23H2,1-5H3/t24-,25+,29+/m0/s1. The Balaban J connectivity index is 1.70. The van der Waals surface area contributed by atoms with Crippen molar-refractivity contribution in [3.63, 3.8) is 0 Å². The van der Waals surface area contributed by atoms with Crippen LogP contribution >= 0.6 is 0 Å². The molecule has 4 nitrogen and oxygen atoms in total. The summed E-state index contributed by atoms with van der Waals surface area (Å²) in [5, 5.41) is 13.2. The van der Waals surface area contributed by atoms with Gasteiger partial charge < -0.3 is 14.3 Å². The highest BCUT2D eigenvalue weighted by Crippen LogP contribution is 2.37. The summed E-state index contributed by atoms with van der Waals surface area (Å²) in [6.07, 6.45) is -1.34. The molecule has 0 aliphatic rings. The van der Waals surface area contributed by atoms with Crippen LogP contribution in [-0.2, 0) is 20.6 Å². The van der Waals surface area contributed by atoms with Gasteiger partial charge in [0.05, 0.1) is 12.7 Å². The summed E-state index contributed by atoms with van der Waals surface area (Å²) in [5.74, 6) is -0.312. The Morgan fingerprint density at radius 1 is 0.833 bits per heavy atom. The highest BCUT2D eigenvalue weighted by molar-refractivity contribution is 6.99. The van der Waals surface area contributed by atoms with Crippen LogP contribution in [0.15, 0.2) is 91.0 Å². The van der Waals surface area contributed by atoms with E-state index in [1.807, 2.05) is 49.4 Å². The lowest BCUT2D eigenvalue weighted by atomic mass is 9.99. The van der Waals surface area contributed by atoms with Gasteiger partial charge in [0.15, 0.2) is 5.78 Å². The minimum Gasteiger partial charge on any atom is -0.407 e. The molecular weight excluding hydrogens is 464 g/mol. The molecule has 5 heteroatoms. The molecule has 3 aromatic rings. The van der Waals surface area contributed by atoms with E-state index >= 15 is 0 Å². The number of benzene rings is 3. The summed E-state index contributed by atoms with van der Waals surface area (Å²) in [7, 11) is -2.69. The molecular formula is C31H40O4Si. The number of ether oxygens (including phenoxy) is 1. The maximum absolute atomic E-state index is 12.8. The molecule has 0 aliphatic carbocycles. The Hall–Kier alpha value is -2.57. The second-order valence-electron chi connectivity index (χ2n) is 10.6. The van der Waals surface area contributed by atoms with Crippen molar-refractivity contribution in [3.05, 3.63) is 96.6 Å². The Morgan fingerprint density at radius 3 is 1.78 bits per heavy atom. The molecule has 0 saturated heterocycles. The highest BCUT2D eigenvalue weighted by atomic mass is 28.4. The van der Waals surface area contributed by atoms with Crippen molar-refractivity contribution in [2.75, 3.05) is 6.61 Å². The molecule has 3 atom stereocenters. The minimum absolute atomic E-state index is 0.0429. The second-order valence-corrected chi connectivity index (χ2v) is 14.9. The lowest BCUT2D eigenvalue weighted by Crippen LogP contribution is -2.67. The average Bonchev–Trinajstić information content (AvgIpc) is 2.88. The number of ketones is 1. The molecule has 0 radical (unpaired) electrons. The number of aliphatic hydroxyl groups is 1. The van der Waals surface area contributed by atoms with Crippen molar-refractivity contribution in [2.45, 2.75) is 64.9 Å². The summed E-state index contributed by atoms with van der Waals surface area (Å²) in [6.45, 7) is 11.1. The van der Waals surface area contributed by atoms with Gasteiger partial charge in [0.2, 0.25) is 0 Å². The quantitative estimate of drug-likeness (QED) is 0.348. The van der Waals surface area contributed by atoms with Gasteiger partial charge in [-0.2, -0.15) is 0 Å². The fourth-order valence-electron chi connectivity index (χ4n) is 4.59. The van der Waals surface area contributed by atoms with Crippen LogP contribution in [0.2, 0.25) is 5.04 Å². The molecule has 0 amide bonds. The van der Waals surface area contributed by atoms with E-state index < -0.39 is 20.5 Å². The molecule has 0 saturated carbocycles. The van der Waals surface area contributed by atoms with E-state index in [2.05, 4.69) is 69.3 Å². The normalized spacial score (nSPS) is 14.7. The summed E-state index contributed by atoms with van der Waals surface area (Å²) >= 11 is 0. The molecule has 0 bridgehead atoms. The molecule has 0 heterocycles. The van der Waals surface area contributed by atoms with Gasteiger partial charge in [-0.05, 0) is 27.9 Å². The van der Waals surface area contributed by atoms with Crippen molar-refractivity contribution in [1.29, 1.82) is 0 Å². The van der Waals surface area contributed by atoms with Gasteiger partial charge in [-0.1, -0.05) is 119 Å². The molecule has 1 N–H and O–H groups in total. The van der Waals surface area contributed by atoms with E-state index in [-0.39, 0.29) is 23.2 Å². The van der Waals surface area contributed by atoms with Crippen LogP contribution in [0.5, 0.6) is 0 Å². The second kappa shape index (κ2) is 12.6. The predicted molar refractivity (Wildman–Crippen MR) is 149 cm³/mol. The number of aliphatic hydroxyl groups excluding tert-OH is 1. The van der Waals surface area contributed by atoms with Gasteiger partial charge in [-0.3, -0.25) is 4.79 Å². The third-order valence-corrected chi connectivity index (χ3v) is 11.8. The van der Waals surface area contributed by atoms with Gasteiger partial charge in [0.25, 0.3) is 8.32 Å². The van der Waals surface area contributed by atoms with Crippen molar-refractivity contribution in [3.8, 4) is 0 Å². The monoisotopic (exact) mass is 504 g/mol. The smallest absolute Gasteiger partial charge is 0.261 e. The molecule has 3 aromatic carbocycles. The first-order chi connectivity index (χ1) is 17.1. The molecule has 0 fully saturated rings. The summed E-state index contributed by atoms with van der Waals surface area (Å²) in [6, 6.07) is 30.7. The zero-order valence-corrected chi connectivity index (χ0v) is 23.2. The zero-order chi connectivity index (χ0) is 26.2. The maximum atomic E-state index is 12.8. The Bertz CT molecular complexity index is 1020. The molecule has 0 aromatic heterocycles. The van der Waals surface area contributed by atoms with E-state index in [0.717, 1.165) is 5.56 Å². The SMILES string of the molecule is C[C@@H](OCc1ccccc1)C(=O)C[C@@H](O)[C@@H](C)CO[Si](c1ccccc1)(c1ccccc1)C(C)(C)C.